The fourth-order valence-corrected chi connectivity index (χ4v) is 1.71. The van der Waals surface area contributed by atoms with Crippen LogP contribution < -0.4 is 5.73 Å². The summed E-state index contributed by atoms with van der Waals surface area (Å²) in [6.07, 6.45) is 6.31. The third-order valence-corrected chi connectivity index (χ3v) is 2.61. The monoisotopic (exact) mass is 216 g/mol. The Hall–Kier alpha value is -1.84. The third kappa shape index (κ3) is 2.05. The smallest absolute Gasteiger partial charge is 0.114 e. The Balaban J connectivity index is 2.27. The highest BCUT2D eigenvalue weighted by Crippen LogP contribution is 2.14. The molecule has 2 N–H and O–H groups in total. The van der Waals surface area contributed by atoms with Gasteiger partial charge in [-0.2, -0.15) is 0 Å². The molecule has 0 saturated heterocycles. The molecular formula is C12H16N4. The predicted octanol–water partition coefficient (Wildman–Crippen LogP) is 1.78. The van der Waals surface area contributed by atoms with Crippen LogP contribution in [-0.2, 0) is 13.0 Å². The molecule has 84 valence electrons. The van der Waals surface area contributed by atoms with Crippen molar-refractivity contribution in [2.24, 2.45) is 0 Å². The van der Waals surface area contributed by atoms with Crippen molar-refractivity contribution >= 4 is 5.69 Å². The highest BCUT2D eigenvalue weighted by Gasteiger charge is 2.07. The molecule has 0 amide bonds. The largest absolute Gasteiger partial charge is 0.397 e. The summed E-state index contributed by atoms with van der Waals surface area (Å²) in [7, 11) is 0. The van der Waals surface area contributed by atoms with Crippen molar-refractivity contribution in [2.75, 3.05) is 5.73 Å². The number of aryl methyl sites for hydroxylation is 2. The van der Waals surface area contributed by atoms with Gasteiger partial charge in [0, 0.05) is 25.1 Å². The standard InChI is InChI=1S/C12H16N4/c1-3-16-5-4-14-12(16)7-11-10(13)6-9(2)8-15-11/h4-6,8H,3,7,13H2,1-2H3. The number of hydrogen-bond acceptors (Lipinski definition) is 3. The van der Waals surface area contributed by atoms with Crippen molar-refractivity contribution in [1.82, 2.24) is 14.5 Å². The molecule has 0 aliphatic rings. The van der Waals surface area contributed by atoms with E-state index in [4.69, 9.17) is 5.73 Å². The predicted molar refractivity (Wildman–Crippen MR) is 64.1 cm³/mol. The molecule has 4 heteroatoms. The van der Waals surface area contributed by atoms with Crippen LogP contribution in [0.25, 0.3) is 0 Å². The van der Waals surface area contributed by atoms with Gasteiger partial charge in [0.2, 0.25) is 0 Å². The van der Waals surface area contributed by atoms with E-state index in [9.17, 15) is 0 Å². The molecule has 2 aromatic heterocycles. The number of aromatic nitrogens is 3. The lowest BCUT2D eigenvalue weighted by atomic mass is 10.2. The highest BCUT2D eigenvalue weighted by atomic mass is 15.1. The number of nitrogens with two attached hydrogens (primary N) is 1. The van der Waals surface area contributed by atoms with Gasteiger partial charge in [-0.15, -0.1) is 0 Å². The van der Waals surface area contributed by atoms with E-state index in [1.54, 1.807) is 0 Å². The number of pyridine rings is 1. The number of anilines is 1. The maximum Gasteiger partial charge on any atom is 0.114 e. The summed E-state index contributed by atoms with van der Waals surface area (Å²) in [4.78, 5) is 8.66. The summed E-state index contributed by atoms with van der Waals surface area (Å²) in [5.41, 5.74) is 8.65. The van der Waals surface area contributed by atoms with E-state index < -0.39 is 0 Å². The highest BCUT2D eigenvalue weighted by molar-refractivity contribution is 5.45. The van der Waals surface area contributed by atoms with Gasteiger partial charge in [0.25, 0.3) is 0 Å². The third-order valence-electron chi connectivity index (χ3n) is 2.61. The molecule has 0 aromatic carbocycles. The number of rotatable bonds is 3. The molecule has 0 fully saturated rings. The number of nitrogen functional groups attached to an aromatic ring is 1. The van der Waals surface area contributed by atoms with E-state index >= 15 is 0 Å². The summed E-state index contributed by atoms with van der Waals surface area (Å²) in [5.74, 6) is 1.01. The zero-order valence-electron chi connectivity index (χ0n) is 9.64. The molecule has 0 atom stereocenters. The molecule has 2 rings (SSSR count). The second-order valence-corrected chi connectivity index (χ2v) is 3.85. The lowest BCUT2D eigenvalue weighted by molar-refractivity contribution is 0.709. The molecule has 2 heterocycles. The lowest BCUT2D eigenvalue weighted by Gasteiger charge is -2.07. The zero-order chi connectivity index (χ0) is 11.5. The molecule has 4 nitrogen and oxygen atoms in total. The van der Waals surface area contributed by atoms with Crippen LogP contribution in [0.2, 0.25) is 0 Å². The maximum atomic E-state index is 5.93. The first-order valence-corrected chi connectivity index (χ1v) is 5.41. The minimum Gasteiger partial charge on any atom is -0.397 e. The SMILES string of the molecule is CCn1ccnc1Cc1ncc(C)cc1N. The number of nitrogens with zero attached hydrogens (tertiary/aromatic N) is 3. The van der Waals surface area contributed by atoms with Crippen molar-refractivity contribution < 1.29 is 0 Å². The Morgan fingerprint density at radius 2 is 2.19 bits per heavy atom. The lowest BCUT2D eigenvalue weighted by Crippen LogP contribution is -2.05. The van der Waals surface area contributed by atoms with E-state index in [1.165, 1.54) is 0 Å². The summed E-state index contributed by atoms with van der Waals surface area (Å²) < 4.78 is 2.10. The Morgan fingerprint density at radius 3 is 2.88 bits per heavy atom. The molecule has 0 spiro atoms. The summed E-state index contributed by atoms with van der Waals surface area (Å²) in [6, 6.07) is 1.95. The van der Waals surface area contributed by atoms with E-state index in [1.807, 2.05) is 31.6 Å². The van der Waals surface area contributed by atoms with Crippen LogP contribution in [0.5, 0.6) is 0 Å². The number of hydrogen-bond donors (Lipinski definition) is 1. The van der Waals surface area contributed by atoms with E-state index in [0.29, 0.717) is 6.42 Å². The summed E-state index contributed by atoms with van der Waals surface area (Å²) >= 11 is 0. The van der Waals surface area contributed by atoms with E-state index in [0.717, 1.165) is 29.3 Å². The number of imidazole rings is 1. The first-order valence-electron chi connectivity index (χ1n) is 5.41. The molecular weight excluding hydrogens is 200 g/mol. The Labute approximate surface area is 95.1 Å². The van der Waals surface area contributed by atoms with Crippen LogP contribution in [0.4, 0.5) is 5.69 Å². The quantitative estimate of drug-likeness (QED) is 0.850. The molecule has 0 unspecified atom stereocenters. The Kier molecular flexibility index (Phi) is 2.90. The average molecular weight is 216 g/mol. The van der Waals surface area contributed by atoms with Gasteiger partial charge >= 0.3 is 0 Å². The average Bonchev–Trinajstić information content (AvgIpc) is 2.69. The van der Waals surface area contributed by atoms with Crippen LogP contribution in [0, 0.1) is 6.92 Å². The maximum absolute atomic E-state index is 5.93. The van der Waals surface area contributed by atoms with Crippen LogP contribution in [0.1, 0.15) is 24.0 Å². The first-order chi connectivity index (χ1) is 7.70. The molecule has 0 aliphatic heterocycles. The summed E-state index contributed by atoms with van der Waals surface area (Å²) in [6.45, 7) is 5.00. The normalized spacial score (nSPS) is 10.6. The minimum absolute atomic E-state index is 0.687. The van der Waals surface area contributed by atoms with E-state index in [2.05, 4.69) is 21.5 Å². The van der Waals surface area contributed by atoms with Crippen LogP contribution in [0.15, 0.2) is 24.7 Å². The van der Waals surface area contributed by atoms with Gasteiger partial charge in [0.15, 0.2) is 0 Å². The van der Waals surface area contributed by atoms with Gasteiger partial charge in [-0.3, -0.25) is 4.98 Å². The Morgan fingerprint density at radius 1 is 1.38 bits per heavy atom. The van der Waals surface area contributed by atoms with Crippen molar-refractivity contribution in [3.05, 3.63) is 41.7 Å². The fourth-order valence-electron chi connectivity index (χ4n) is 1.71. The molecule has 0 radical (unpaired) electrons. The van der Waals surface area contributed by atoms with Crippen LogP contribution in [0.3, 0.4) is 0 Å². The van der Waals surface area contributed by atoms with E-state index in [-0.39, 0.29) is 0 Å². The molecule has 16 heavy (non-hydrogen) atoms. The zero-order valence-corrected chi connectivity index (χ0v) is 9.64. The minimum atomic E-state index is 0.687. The topological polar surface area (TPSA) is 56.7 Å². The van der Waals surface area contributed by atoms with Gasteiger partial charge in [-0.05, 0) is 25.5 Å². The van der Waals surface area contributed by atoms with Gasteiger partial charge in [-0.25, -0.2) is 4.98 Å². The molecule has 0 bridgehead atoms. The second kappa shape index (κ2) is 4.35. The van der Waals surface area contributed by atoms with Gasteiger partial charge in [-0.1, -0.05) is 0 Å². The van der Waals surface area contributed by atoms with Crippen molar-refractivity contribution in [3.63, 3.8) is 0 Å². The van der Waals surface area contributed by atoms with Crippen LogP contribution >= 0.6 is 0 Å². The first kappa shape index (κ1) is 10.7. The molecule has 2 aromatic rings. The molecule has 0 saturated carbocycles. The van der Waals surface area contributed by atoms with Gasteiger partial charge in [0.05, 0.1) is 17.8 Å². The van der Waals surface area contributed by atoms with Crippen molar-refractivity contribution in [3.8, 4) is 0 Å². The van der Waals surface area contributed by atoms with Crippen molar-refractivity contribution in [1.29, 1.82) is 0 Å². The summed E-state index contributed by atoms with van der Waals surface area (Å²) in [5, 5.41) is 0. The fraction of sp³-hybridized carbons (Fsp3) is 0.333. The van der Waals surface area contributed by atoms with Crippen LogP contribution in [-0.4, -0.2) is 14.5 Å². The molecule has 0 aliphatic carbocycles. The second-order valence-electron chi connectivity index (χ2n) is 3.85. The van der Waals surface area contributed by atoms with Gasteiger partial charge < -0.3 is 10.3 Å². The van der Waals surface area contributed by atoms with Crippen molar-refractivity contribution in [2.45, 2.75) is 26.8 Å². The Bertz CT molecular complexity index is 488. The van der Waals surface area contributed by atoms with Gasteiger partial charge in [0.1, 0.15) is 5.82 Å².